The molecule has 0 spiro atoms. The average Bonchev–Trinajstić information content (AvgIpc) is 2.83. The van der Waals surface area contributed by atoms with Crippen molar-refractivity contribution < 1.29 is 9.53 Å². The summed E-state index contributed by atoms with van der Waals surface area (Å²) in [4.78, 5) is 25.7. The summed E-state index contributed by atoms with van der Waals surface area (Å²) < 4.78 is 6.15. The Kier molecular flexibility index (Phi) is 6.72. The van der Waals surface area contributed by atoms with E-state index in [4.69, 9.17) is 27.9 Å². The monoisotopic (exact) mass is 479 g/mol. The first-order valence-corrected chi connectivity index (χ1v) is 10.7. The lowest BCUT2D eigenvalue weighted by Crippen LogP contribution is -2.12. The van der Waals surface area contributed by atoms with Crippen LogP contribution in [-0.2, 0) is 0 Å². The number of anilines is 2. The van der Waals surface area contributed by atoms with Gasteiger partial charge in [-0.15, -0.1) is 0 Å². The van der Waals surface area contributed by atoms with Crippen LogP contribution in [0.15, 0.2) is 67.0 Å². The van der Waals surface area contributed by atoms with Gasteiger partial charge >= 0.3 is 0 Å². The van der Waals surface area contributed by atoms with Crippen molar-refractivity contribution in [2.24, 2.45) is 0 Å². The highest BCUT2D eigenvalue weighted by molar-refractivity contribution is 6.44. The van der Waals surface area contributed by atoms with Gasteiger partial charge in [0.25, 0.3) is 5.91 Å². The number of nitrogens with one attached hydrogen (secondary N) is 2. The van der Waals surface area contributed by atoms with E-state index in [0.717, 1.165) is 5.56 Å². The first-order chi connectivity index (χ1) is 16.0. The molecular weight excluding hydrogens is 461 g/mol. The molecule has 9 heteroatoms. The van der Waals surface area contributed by atoms with Gasteiger partial charge in [0.15, 0.2) is 0 Å². The number of rotatable bonds is 6. The van der Waals surface area contributed by atoms with E-state index in [1.165, 1.54) is 0 Å². The van der Waals surface area contributed by atoms with E-state index in [1.807, 2.05) is 25.1 Å². The Hall–Kier alpha value is -3.68. The molecule has 33 heavy (non-hydrogen) atoms. The number of benzene rings is 2. The van der Waals surface area contributed by atoms with E-state index in [2.05, 4.69) is 25.6 Å². The molecule has 0 atom stereocenters. The Morgan fingerprint density at radius 3 is 2.67 bits per heavy atom. The molecule has 0 radical (unpaired) electrons. The molecule has 2 aromatic heterocycles. The van der Waals surface area contributed by atoms with Crippen molar-refractivity contribution in [2.75, 3.05) is 17.7 Å². The van der Waals surface area contributed by atoms with Crippen LogP contribution in [0.3, 0.4) is 0 Å². The van der Waals surface area contributed by atoms with Crippen LogP contribution in [0.2, 0.25) is 10.0 Å². The number of hydrogen-bond acceptors (Lipinski definition) is 6. The third-order valence-corrected chi connectivity index (χ3v) is 5.59. The second-order valence-corrected chi connectivity index (χ2v) is 7.79. The Bertz CT molecular complexity index is 1330. The quantitative estimate of drug-likeness (QED) is 0.340. The fourth-order valence-electron chi connectivity index (χ4n) is 3.07. The molecule has 2 aromatic carbocycles. The highest BCUT2D eigenvalue weighted by Gasteiger charge is 2.15. The van der Waals surface area contributed by atoms with Crippen molar-refractivity contribution in [3.05, 3.63) is 88.2 Å². The number of carbonyl (C=O) groups excluding carboxylic acids is 1. The van der Waals surface area contributed by atoms with Gasteiger partial charge in [0.05, 0.1) is 26.9 Å². The number of ether oxygens (including phenoxy) is 1. The number of halogens is 2. The van der Waals surface area contributed by atoms with E-state index >= 15 is 0 Å². The van der Waals surface area contributed by atoms with Crippen LogP contribution in [0.5, 0.6) is 11.6 Å². The first-order valence-electron chi connectivity index (χ1n) is 9.96. The minimum Gasteiger partial charge on any atom is -0.438 e. The number of aryl methyl sites for hydroxylation is 1. The predicted octanol–water partition coefficient (Wildman–Crippen LogP) is 6.24. The minimum atomic E-state index is -0.378. The molecule has 4 aromatic rings. The van der Waals surface area contributed by atoms with E-state index in [0.29, 0.717) is 39.5 Å². The summed E-state index contributed by atoms with van der Waals surface area (Å²) in [6.07, 6.45) is 3.30. The van der Waals surface area contributed by atoms with Crippen LogP contribution in [-0.4, -0.2) is 27.9 Å². The predicted molar refractivity (Wildman–Crippen MR) is 130 cm³/mol. The molecule has 2 heterocycles. The molecule has 0 fully saturated rings. The second-order valence-electron chi connectivity index (χ2n) is 7.01. The van der Waals surface area contributed by atoms with Crippen LogP contribution >= 0.6 is 23.2 Å². The maximum atomic E-state index is 12.7. The normalized spacial score (nSPS) is 10.5. The SMILES string of the molecule is CNc1nccc(-c2cccnc2Oc2cc(NC(=O)c3cccc(Cl)c3Cl)ccc2C)n1. The maximum Gasteiger partial charge on any atom is 0.257 e. The van der Waals surface area contributed by atoms with E-state index in [-0.39, 0.29) is 16.5 Å². The van der Waals surface area contributed by atoms with Gasteiger partial charge in [-0.05, 0) is 48.9 Å². The standard InChI is InChI=1S/C24H19Cl2N5O2/c1-14-8-9-15(30-22(32)17-5-3-7-18(25)21(17)26)13-20(14)33-23-16(6-4-11-28-23)19-10-12-29-24(27-2)31-19/h3-13H,1-2H3,(H,30,32)(H,27,29,31). The number of aromatic nitrogens is 3. The molecule has 0 aliphatic carbocycles. The highest BCUT2D eigenvalue weighted by atomic mass is 35.5. The second kappa shape index (κ2) is 9.85. The molecule has 1 amide bonds. The van der Waals surface area contributed by atoms with Gasteiger partial charge in [-0.25, -0.2) is 15.0 Å². The molecule has 4 rings (SSSR count). The van der Waals surface area contributed by atoms with Crippen LogP contribution in [0.25, 0.3) is 11.3 Å². The van der Waals surface area contributed by atoms with Crippen LogP contribution < -0.4 is 15.4 Å². The molecule has 0 aliphatic heterocycles. The molecule has 7 nitrogen and oxygen atoms in total. The molecular formula is C24H19Cl2N5O2. The Balaban J connectivity index is 1.62. The maximum absolute atomic E-state index is 12.7. The van der Waals surface area contributed by atoms with Gasteiger partial charge in [-0.2, -0.15) is 0 Å². The Morgan fingerprint density at radius 2 is 1.85 bits per heavy atom. The summed E-state index contributed by atoms with van der Waals surface area (Å²) >= 11 is 12.2. The molecule has 166 valence electrons. The van der Waals surface area contributed by atoms with Crippen LogP contribution in [0.4, 0.5) is 11.6 Å². The van der Waals surface area contributed by atoms with Crippen molar-refractivity contribution in [1.29, 1.82) is 0 Å². The molecule has 2 N–H and O–H groups in total. The smallest absolute Gasteiger partial charge is 0.257 e. The van der Waals surface area contributed by atoms with Crippen molar-refractivity contribution in [2.45, 2.75) is 6.92 Å². The van der Waals surface area contributed by atoms with Crippen LogP contribution in [0, 0.1) is 6.92 Å². The fraction of sp³-hybridized carbons (Fsp3) is 0.0833. The van der Waals surface area contributed by atoms with Gasteiger partial charge in [0.1, 0.15) is 5.75 Å². The first kappa shape index (κ1) is 22.5. The van der Waals surface area contributed by atoms with Gasteiger partial charge in [-0.3, -0.25) is 4.79 Å². The van der Waals surface area contributed by atoms with E-state index in [9.17, 15) is 4.79 Å². The van der Waals surface area contributed by atoms with Crippen molar-refractivity contribution in [3.8, 4) is 22.9 Å². The Morgan fingerprint density at radius 1 is 1.00 bits per heavy atom. The summed E-state index contributed by atoms with van der Waals surface area (Å²) in [5, 5.41) is 6.26. The van der Waals surface area contributed by atoms with Gasteiger partial charge in [0.2, 0.25) is 11.8 Å². The minimum absolute atomic E-state index is 0.198. The molecule has 0 unspecified atom stereocenters. The number of nitrogens with zero attached hydrogens (tertiary/aromatic N) is 3. The fourth-order valence-corrected chi connectivity index (χ4v) is 3.45. The largest absolute Gasteiger partial charge is 0.438 e. The van der Waals surface area contributed by atoms with Gasteiger partial charge < -0.3 is 15.4 Å². The number of amides is 1. The lowest BCUT2D eigenvalue weighted by Gasteiger charge is -2.14. The summed E-state index contributed by atoms with van der Waals surface area (Å²) in [6.45, 7) is 1.90. The van der Waals surface area contributed by atoms with Gasteiger partial charge in [-0.1, -0.05) is 35.3 Å². The summed E-state index contributed by atoms with van der Waals surface area (Å²) in [5.41, 5.74) is 3.05. The number of carbonyl (C=O) groups is 1. The Labute approximate surface area is 200 Å². The zero-order valence-electron chi connectivity index (χ0n) is 17.8. The number of pyridine rings is 1. The summed E-state index contributed by atoms with van der Waals surface area (Å²) in [5.74, 6) is 1.02. The third kappa shape index (κ3) is 5.05. The lowest BCUT2D eigenvalue weighted by atomic mass is 10.1. The lowest BCUT2D eigenvalue weighted by molar-refractivity contribution is 0.102. The highest BCUT2D eigenvalue weighted by Crippen LogP contribution is 2.33. The van der Waals surface area contributed by atoms with Crippen LogP contribution in [0.1, 0.15) is 15.9 Å². The molecule has 0 aliphatic rings. The zero-order chi connectivity index (χ0) is 23.4. The molecule has 0 saturated carbocycles. The summed E-state index contributed by atoms with van der Waals surface area (Å²) in [7, 11) is 1.75. The molecule has 0 saturated heterocycles. The van der Waals surface area contributed by atoms with E-state index in [1.54, 1.807) is 55.8 Å². The van der Waals surface area contributed by atoms with E-state index < -0.39 is 0 Å². The average molecular weight is 480 g/mol. The zero-order valence-corrected chi connectivity index (χ0v) is 19.3. The van der Waals surface area contributed by atoms with Gasteiger partial charge in [0, 0.05) is 31.2 Å². The van der Waals surface area contributed by atoms with Crippen molar-refractivity contribution >= 4 is 40.7 Å². The third-order valence-electron chi connectivity index (χ3n) is 4.78. The van der Waals surface area contributed by atoms with Crippen molar-refractivity contribution in [1.82, 2.24) is 15.0 Å². The topological polar surface area (TPSA) is 89.0 Å². The number of hydrogen-bond donors (Lipinski definition) is 2. The summed E-state index contributed by atoms with van der Waals surface area (Å²) in [6, 6.07) is 15.7. The molecule has 0 bridgehead atoms. The van der Waals surface area contributed by atoms with Crippen molar-refractivity contribution in [3.63, 3.8) is 0 Å².